The van der Waals surface area contributed by atoms with Gasteiger partial charge in [-0.25, -0.2) is 9.18 Å². The summed E-state index contributed by atoms with van der Waals surface area (Å²) in [5.41, 5.74) is 5.07. The van der Waals surface area contributed by atoms with E-state index in [9.17, 15) is 9.18 Å². The minimum Gasteiger partial charge on any atom is -0.493 e. The summed E-state index contributed by atoms with van der Waals surface area (Å²) in [6, 6.07) is 4.45. The molecular formula is C17H25FN2O3. The molecule has 0 saturated carbocycles. The summed E-state index contributed by atoms with van der Waals surface area (Å²) in [7, 11) is 0. The van der Waals surface area contributed by atoms with Gasteiger partial charge >= 0.3 is 6.09 Å². The molecule has 1 aliphatic heterocycles. The van der Waals surface area contributed by atoms with E-state index in [1.54, 1.807) is 11.0 Å². The number of likely N-dealkylation sites (tertiary alicyclic amines) is 1. The Morgan fingerprint density at radius 1 is 1.35 bits per heavy atom. The van der Waals surface area contributed by atoms with Crippen LogP contribution in [0, 0.1) is 11.7 Å². The van der Waals surface area contributed by atoms with Crippen molar-refractivity contribution < 1.29 is 18.7 Å². The minimum atomic E-state index is -0.476. The van der Waals surface area contributed by atoms with E-state index in [4.69, 9.17) is 15.2 Å². The number of ether oxygens (including phenoxy) is 2. The molecule has 0 spiro atoms. The predicted molar refractivity (Wildman–Crippen MR) is 86.8 cm³/mol. The van der Waals surface area contributed by atoms with Gasteiger partial charge in [-0.3, -0.25) is 0 Å². The first kappa shape index (κ1) is 17.4. The number of carbonyl (C=O) groups is 1. The number of nitrogens with zero attached hydrogens (tertiary/aromatic N) is 1. The van der Waals surface area contributed by atoms with Crippen LogP contribution < -0.4 is 10.5 Å². The largest absolute Gasteiger partial charge is 0.493 e. The van der Waals surface area contributed by atoms with Crippen molar-refractivity contribution in [2.75, 3.05) is 25.4 Å². The van der Waals surface area contributed by atoms with Crippen molar-refractivity contribution in [3.8, 4) is 5.75 Å². The molecule has 1 amide bonds. The second-order valence-corrected chi connectivity index (χ2v) is 6.91. The fourth-order valence-electron chi connectivity index (χ4n) is 2.42. The Hall–Kier alpha value is -1.98. The first-order valence-corrected chi connectivity index (χ1v) is 7.90. The van der Waals surface area contributed by atoms with Crippen LogP contribution in [-0.2, 0) is 4.74 Å². The molecule has 6 heteroatoms. The van der Waals surface area contributed by atoms with E-state index in [1.807, 2.05) is 20.8 Å². The molecule has 23 heavy (non-hydrogen) atoms. The van der Waals surface area contributed by atoms with Crippen molar-refractivity contribution in [1.29, 1.82) is 0 Å². The quantitative estimate of drug-likeness (QED) is 0.865. The summed E-state index contributed by atoms with van der Waals surface area (Å²) in [4.78, 5) is 13.7. The number of piperidine rings is 1. The molecule has 2 N–H and O–H groups in total. The topological polar surface area (TPSA) is 64.8 Å². The summed E-state index contributed by atoms with van der Waals surface area (Å²) in [6.45, 7) is 7.38. The number of nitrogen functional groups attached to an aromatic ring is 1. The van der Waals surface area contributed by atoms with Crippen LogP contribution in [0.5, 0.6) is 5.75 Å². The van der Waals surface area contributed by atoms with E-state index in [0.29, 0.717) is 31.4 Å². The van der Waals surface area contributed by atoms with E-state index < -0.39 is 11.4 Å². The van der Waals surface area contributed by atoms with Crippen LogP contribution in [0.3, 0.4) is 0 Å². The van der Waals surface area contributed by atoms with Gasteiger partial charge in [0.25, 0.3) is 0 Å². The number of anilines is 1. The normalized spacial score (nSPS) is 16.3. The summed E-state index contributed by atoms with van der Waals surface area (Å²) < 4.78 is 24.4. The van der Waals surface area contributed by atoms with Crippen LogP contribution in [0.2, 0.25) is 0 Å². The molecular weight excluding hydrogens is 299 g/mol. The Morgan fingerprint density at radius 2 is 2.00 bits per heavy atom. The van der Waals surface area contributed by atoms with Crippen LogP contribution in [0.25, 0.3) is 0 Å². The highest BCUT2D eigenvalue weighted by molar-refractivity contribution is 5.68. The third kappa shape index (κ3) is 5.30. The molecule has 2 rings (SSSR count). The molecule has 0 atom stereocenters. The Labute approximate surface area is 136 Å². The van der Waals surface area contributed by atoms with E-state index in [0.717, 1.165) is 12.8 Å². The molecule has 128 valence electrons. The lowest BCUT2D eigenvalue weighted by Gasteiger charge is -2.33. The van der Waals surface area contributed by atoms with Gasteiger partial charge < -0.3 is 20.1 Å². The predicted octanol–water partition coefficient (Wildman–Crippen LogP) is 3.43. The fourth-order valence-corrected chi connectivity index (χ4v) is 2.42. The van der Waals surface area contributed by atoms with Crippen molar-refractivity contribution in [1.82, 2.24) is 4.90 Å². The zero-order chi connectivity index (χ0) is 17.0. The van der Waals surface area contributed by atoms with Crippen molar-refractivity contribution in [2.24, 2.45) is 5.92 Å². The zero-order valence-electron chi connectivity index (χ0n) is 14.0. The first-order valence-electron chi connectivity index (χ1n) is 7.90. The molecule has 0 bridgehead atoms. The molecule has 0 radical (unpaired) electrons. The number of hydrogen-bond acceptors (Lipinski definition) is 4. The van der Waals surface area contributed by atoms with Gasteiger partial charge in [0.1, 0.15) is 17.2 Å². The van der Waals surface area contributed by atoms with Gasteiger partial charge in [0.2, 0.25) is 0 Å². The standard InChI is InChI=1S/C17H25FN2O3/c1-17(2,3)23-16(21)20-8-6-12(7-9-20)11-22-13-4-5-15(19)14(18)10-13/h4-5,10,12H,6-9,11,19H2,1-3H3. The molecule has 1 heterocycles. The lowest BCUT2D eigenvalue weighted by Crippen LogP contribution is -2.42. The highest BCUT2D eigenvalue weighted by atomic mass is 19.1. The molecule has 0 unspecified atom stereocenters. The molecule has 1 aromatic carbocycles. The van der Waals surface area contributed by atoms with E-state index in [1.165, 1.54) is 12.1 Å². The average Bonchev–Trinajstić information content (AvgIpc) is 2.47. The van der Waals surface area contributed by atoms with Crippen LogP contribution >= 0.6 is 0 Å². The summed E-state index contributed by atoms with van der Waals surface area (Å²) >= 11 is 0. The summed E-state index contributed by atoms with van der Waals surface area (Å²) in [5.74, 6) is 0.350. The smallest absolute Gasteiger partial charge is 0.410 e. The molecule has 0 aliphatic carbocycles. The summed E-state index contributed by atoms with van der Waals surface area (Å²) in [6.07, 6.45) is 1.42. The number of carbonyl (C=O) groups excluding carboxylic acids is 1. The molecule has 1 aliphatic rings. The van der Waals surface area contributed by atoms with Gasteiger partial charge in [-0.15, -0.1) is 0 Å². The fraction of sp³-hybridized carbons (Fsp3) is 0.588. The number of halogens is 1. The highest BCUT2D eigenvalue weighted by Gasteiger charge is 2.27. The van der Waals surface area contributed by atoms with Gasteiger partial charge in [0.05, 0.1) is 12.3 Å². The van der Waals surface area contributed by atoms with Gasteiger partial charge in [0.15, 0.2) is 0 Å². The maximum atomic E-state index is 13.4. The van der Waals surface area contributed by atoms with E-state index in [-0.39, 0.29) is 11.8 Å². The van der Waals surface area contributed by atoms with Crippen molar-refractivity contribution in [2.45, 2.75) is 39.2 Å². The van der Waals surface area contributed by atoms with Gasteiger partial charge in [0, 0.05) is 19.2 Å². The van der Waals surface area contributed by atoms with Crippen LogP contribution in [0.1, 0.15) is 33.6 Å². The molecule has 1 saturated heterocycles. The lowest BCUT2D eigenvalue weighted by atomic mass is 9.98. The van der Waals surface area contributed by atoms with Crippen LogP contribution in [-0.4, -0.2) is 36.3 Å². The third-order valence-electron chi connectivity index (χ3n) is 3.72. The van der Waals surface area contributed by atoms with Gasteiger partial charge in [-0.2, -0.15) is 0 Å². The highest BCUT2D eigenvalue weighted by Crippen LogP contribution is 2.23. The third-order valence-corrected chi connectivity index (χ3v) is 3.72. The minimum absolute atomic E-state index is 0.114. The summed E-state index contributed by atoms with van der Waals surface area (Å²) in [5, 5.41) is 0. The number of nitrogens with two attached hydrogens (primary N) is 1. The molecule has 5 nitrogen and oxygen atoms in total. The second kappa shape index (κ2) is 7.06. The van der Waals surface area contributed by atoms with Gasteiger partial charge in [-0.1, -0.05) is 0 Å². The van der Waals surface area contributed by atoms with Crippen molar-refractivity contribution in [3.05, 3.63) is 24.0 Å². The van der Waals surface area contributed by atoms with E-state index >= 15 is 0 Å². The van der Waals surface area contributed by atoms with Crippen molar-refractivity contribution >= 4 is 11.8 Å². The monoisotopic (exact) mass is 324 g/mol. The maximum Gasteiger partial charge on any atom is 0.410 e. The SMILES string of the molecule is CC(C)(C)OC(=O)N1CCC(COc2ccc(N)c(F)c2)CC1. The Balaban J connectivity index is 1.76. The Bertz CT molecular complexity index is 549. The maximum absolute atomic E-state index is 13.4. The Morgan fingerprint density at radius 3 is 2.57 bits per heavy atom. The molecule has 1 aromatic rings. The molecule has 0 aromatic heterocycles. The number of amides is 1. The van der Waals surface area contributed by atoms with Gasteiger partial charge in [-0.05, 0) is 51.7 Å². The number of rotatable bonds is 3. The average molecular weight is 324 g/mol. The number of hydrogen-bond donors (Lipinski definition) is 1. The van der Waals surface area contributed by atoms with E-state index in [2.05, 4.69) is 0 Å². The van der Waals surface area contributed by atoms with Crippen LogP contribution in [0.15, 0.2) is 18.2 Å². The first-order chi connectivity index (χ1) is 10.7. The lowest BCUT2D eigenvalue weighted by molar-refractivity contribution is 0.0165. The van der Waals surface area contributed by atoms with Crippen molar-refractivity contribution in [3.63, 3.8) is 0 Å². The number of benzene rings is 1. The molecule has 1 fully saturated rings. The zero-order valence-corrected chi connectivity index (χ0v) is 14.0. The van der Waals surface area contributed by atoms with Crippen LogP contribution in [0.4, 0.5) is 14.9 Å². The Kier molecular flexibility index (Phi) is 5.34. The second-order valence-electron chi connectivity index (χ2n) is 6.91.